The maximum absolute atomic E-state index is 13.2. The summed E-state index contributed by atoms with van der Waals surface area (Å²) < 4.78 is 13.2. The number of amides is 1. The molecule has 3 aromatic rings. The van der Waals surface area contributed by atoms with Crippen LogP contribution in [-0.2, 0) is 4.79 Å². The van der Waals surface area contributed by atoms with Gasteiger partial charge in [0.05, 0.1) is 17.5 Å². The second-order valence-electron chi connectivity index (χ2n) is 8.86. The molecule has 1 aliphatic heterocycles. The lowest BCUT2D eigenvalue weighted by atomic mass is 9.81. The fourth-order valence-corrected chi connectivity index (χ4v) is 4.88. The normalized spacial score (nSPS) is 21.8. The molecule has 1 aromatic carbocycles. The lowest BCUT2D eigenvalue weighted by Crippen LogP contribution is -2.50. The van der Waals surface area contributed by atoms with E-state index in [1.807, 2.05) is 12.3 Å². The van der Waals surface area contributed by atoms with Crippen LogP contribution in [0.2, 0.25) is 0 Å². The first-order valence-electron chi connectivity index (χ1n) is 10.7. The molecule has 2 aromatic heterocycles. The minimum atomic E-state index is -0.886. The monoisotopic (exact) mass is 423 g/mol. The fourth-order valence-electron chi connectivity index (χ4n) is 4.88. The van der Waals surface area contributed by atoms with Crippen molar-refractivity contribution in [2.45, 2.75) is 38.3 Å². The number of piperidine rings is 1. The SMILES string of the molecule is C[C@H](NC(=O)C1CCN(c2ncnc3[nH]ccc23)CC12CC2)[C@@H](O)c1ccc(F)cc1. The van der Waals surface area contributed by atoms with Gasteiger partial charge in [-0.25, -0.2) is 14.4 Å². The van der Waals surface area contributed by atoms with Gasteiger partial charge in [0.15, 0.2) is 0 Å². The molecule has 3 N–H and O–H groups in total. The van der Waals surface area contributed by atoms with Gasteiger partial charge in [-0.1, -0.05) is 12.1 Å². The highest BCUT2D eigenvalue weighted by molar-refractivity contribution is 5.87. The minimum absolute atomic E-state index is 0.0136. The minimum Gasteiger partial charge on any atom is -0.386 e. The lowest BCUT2D eigenvalue weighted by Gasteiger charge is -2.39. The average Bonchev–Trinajstić information content (AvgIpc) is 3.34. The first kappa shape index (κ1) is 19.9. The van der Waals surface area contributed by atoms with Crippen LogP contribution in [0.5, 0.6) is 0 Å². The first-order valence-corrected chi connectivity index (χ1v) is 10.7. The Morgan fingerprint density at radius 3 is 2.81 bits per heavy atom. The number of hydrogen-bond donors (Lipinski definition) is 3. The van der Waals surface area contributed by atoms with Gasteiger partial charge in [-0.15, -0.1) is 0 Å². The molecular formula is C23H26FN5O2. The van der Waals surface area contributed by atoms with Gasteiger partial charge >= 0.3 is 0 Å². The van der Waals surface area contributed by atoms with Gasteiger partial charge in [0, 0.05) is 25.2 Å². The van der Waals surface area contributed by atoms with Crippen molar-refractivity contribution in [3.63, 3.8) is 0 Å². The number of nitrogens with one attached hydrogen (secondary N) is 2. The van der Waals surface area contributed by atoms with E-state index in [-0.39, 0.29) is 23.1 Å². The number of aliphatic hydroxyl groups is 1. The summed E-state index contributed by atoms with van der Waals surface area (Å²) in [6, 6.07) is 7.25. The lowest BCUT2D eigenvalue weighted by molar-refractivity contribution is -0.129. The number of H-pyrrole nitrogens is 1. The van der Waals surface area contributed by atoms with Crippen LogP contribution in [-0.4, -0.2) is 45.1 Å². The summed E-state index contributed by atoms with van der Waals surface area (Å²) in [5.74, 6) is 0.461. The summed E-state index contributed by atoms with van der Waals surface area (Å²) in [6.07, 6.45) is 5.31. The molecule has 162 valence electrons. The number of aromatic amines is 1. The van der Waals surface area contributed by atoms with Gasteiger partial charge in [0.1, 0.15) is 23.6 Å². The molecule has 5 rings (SSSR count). The van der Waals surface area contributed by atoms with E-state index < -0.39 is 12.1 Å². The highest BCUT2D eigenvalue weighted by Crippen LogP contribution is 2.56. The molecule has 1 spiro atoms. The van der Waals surface area contributed by atoms with Gasteiger partial charge in [-0.2, -0.15) is 0 Å². The van der Waals surface area contributed by atoms with E-state index in [1.54, 1.807) is 25.4 Å². The molecule has 3 atom stereocenters. The van der Waals surface area contributed by atoms with Crippen molar-refractivity contribution in [3.05, 3.63) is 54.2 Å². The summed E-state index contributed by atoms with van der Waals surface area (Å²) in [6.45, 7) is 3.31. The standard InChI is InChI=1S/C23H26FN5O2/c1-14(19(30)15-2-4-16(24)5-3-15)28-22(31)18-7-11-29(12-23(18)8-9-23)21-17-6-10-25-20(17)26-13-27-21/h2-6,10,13-14,18-19,30H,7-9,11-12H2,1H3,(H,28,31)(H,25,26,27)/t14-,18?,19+/m0/s1. The van der Waals surface area contributed by atoms with E-state index in [2.05, 4.69) is 25.2 Å². The third kappa shape index (κ3) is 3.65. The van der Waals surface area contributed by atoms with Gasteiger partial charge < -0.3 is 20.3 Å². The Kier molecular flexibility index (Phi) is 4.89. The molecule has 2 aliphatic rings. The third-order valence-electron chi connectivity index (χ3n) is 6.83. The second kappa shape index (κ2) is 7.60. The van der Waals surface area contributed by atoms with Crippen LogP contribution in [0.3, 0.4) is 0 Å². The predicted octanol–water partition coefficient (Wildman–Crippen LogP) is 2.94. The molecule has 1 aliphatic carbocycles. The summed E-state index contributed by atoms with van der Waals surface area (Å²) in [5, 5.41) is 14.6. The summed E-state index contributed by atoms with van der Waals surface area (Å²) >= 11 is 0. The van der Waals surface area contributed by atoms with Crippen molar-refractivity contribution < 1.29 is 14.3 Å². The van der Waals surface area contributed by atoms with Crippen LogP contribution in [0.4, 0.5) is 10.2 Å². The number of anilines is 1. The Bertz CT molecular complexity index is 1090. The van der Waals surface area contributed by atoms with Crippen LogP contribution in [0.25, 0.3) is 11.0 Å². The van der Waals surface area contributed by atoms with Crippen molar-refractivity contribution in [1.82, 2.24) is 20.3 Å². The van der Waals surface area contributed by atoms with E-state index in [1.165, 1.54) is 12.1 Å². The number of benzene rings is 1. The molecule has 0 bridgehead atoms. The van der Waals surface area contributed by atoms with Gasteiger partial charge in [-0.05, 0) is 55.4 Å². The number of rotatable bonds is 5. The van der Waals surface area contributed by atoms with Gasteiger partial charge in [0.25, 0.3) is 0 Å². The summed E-state index contributed by atoms with van der Waals surface area (Å²) in [5.41, 5.74) is 1.36. The number of carbonyl (C=O) groups excluding carboxylic acids is 1. The number of halogens is 1. The molecule has 7 nitrogen and oxygen atoms in total. The second-order valence-corrected chi connectivity index (χ2v) is 8.86. The smallest absolute Gasteiger partial charge is 0.224 e. The number of carbonyl (C=O) groups is 1. The molecule has 3 heterocycles. The maximum atomic E-state index is 13.2. The molecular weight excluding hydrogens is 397 g/mol. The molecule has 31 heavy (non-hydrogen) atoms. The molecule has 2 fully saturated rings. The molecule has 1 saturated heterocycles. The van der Waals surface area contributed by atoms with E-state index in [9.17, 15) is 14.3 Å². The average molecular weight is 423 g/mol. The van der Waals surface area contributed by atoms with Crippen LogP contribution >= 0.6 is 0 Å². The number of hydrogen-bond acceptors (Lipinski definition) is 5. The quantitative estimate of drug-likeness (QED) is 0.587. The Balaban J connectivity index is 1.27. The molecule has 1 saturated carbocycles. The topological polar surface area (TPSA) is 94.1 Å². The number of fused-ring (bicyclic) bond motifs is 1. The van der Waals surface area contributed by atoms with Crippen LogP contribution < -0.4 is 10.2 Å². The van der Waals surface area contributed by atoms with E-state index >= 15 is 0 Å². The largest absolute Gasteiger partial charge is 0.386 e. The summed E-state index contributed by atoms with van der Waals surface area (Å²) in [4.78, 5) is 27.3. The fraction of sp³-hybridized carbons (Fsp3) is 0.435. The number of nitrogens with zero attached hydrogens (tertiary/aromatic N) is 3. The first-order chi connectivity index (χ1) is 15.0. The third-order valence-corrected chi connectivity index (χ3v) is 6.83. The van der Waals surface area contributed by atoms with Crippen LogP contribution in [0, 0.1) is 17.2 Å². The van der Waals surface area contributed by atoms with Crippen molar-refractivity contribution >= 4 is 22.8 Å². The zero-order valence-electron chi connectivity index (χ0n) is 17.4. The summed E-state index contributed by atoms with van der Waals surface area (Å²) in [7, 11) is 0. The van der Waals surface area contributed by atoms with Crippen LogP contribution in [0.1, 0.15) is 37.9 Å². The molecule has 1 amide bonds. The highest BCUT2D eigenvalue weighted by Gasteiger charge is 2.55. The van der Waals surface area contributed by atoms with Gasteiger partial charge in [-0.3, -0.25) is 4.79 Å². The van der Waals surface area contributed by atoms with Crippen molar-refractivity contribution in [2.24, 2.45) is 11.3 Å². The zero-order chi connectivity index (χ0) is 21.6. The van der Waals surface area contributed by atoms with Crippen LogP contribution in [0.15, 0.2) is 42.9 Å². The maximum Gasteiger partial charge on any atom is 0.224 e. The van der Waals surface area contributed by atoms with E-state index in [0.717, 1.165) is 49.2 Å². The predicted molar refractivity (Wildman–Crippen MR) is 115 cm³/mol. The molecule has 0 radical (unpaired) electrons. The van der Waals surface area contributed by atoms with Gasteiger partial charge in [0.2, 0.25) is 5.91 Å². The van der Waals surface area contributed by atoms with E-state index in [4.69, 9.17) is 0 Å². The molecule has 8 heteroatoms. The Labute approximate surface area is 179 Å². The van der Waals surface area contributed by atoms with Crippen molar-refractivity contribution in [1.29, 1.82) is 0 Å². The zero-order valence-corrected chi connectivity index (χ0v) is 17.4. The number of aliphatic hydroxyl groups excluding tert-OH is 1. The van der Waals surface area contributed by atoms with Crippen molar-refractivity contribution in [2.75, 3.05) is 18.0 Å². The highest BCUT2D eigenvalue weighted by atomic mass is 19.1. The molecule has 1 unspecified atom stereocenters. The Morgan fingerprint density at radius 2 is 2.06 bits per heavy atom. The Morgan fingerprint density at radius 1 is 1.29 bits per heavy atom. The van der Waals surface area contributed by atoms with Crippen molar-refractivity contribution in [3.8, 4) is 0 Å². The Hall–Kier alpha value is -3.00. The number of aromatic nitrogens is 3. The van der Waals surface area contributed by atoms with E-state index in [0.29, 0.717) is 5.56 Å².